The number of rotatable bonds is 8. The van der Waals surface area contributed by atoms with Crippen molar-refractivity contribution in [3.05, 3.63) is 276 Å². The highest BCUT2D eigenvalue weighted by atomic mass is 16.3. The standard InChI is InChI=1S/C68H42N4O2/c1-3-15-41(16-4-1)57-39-59(43-21-13-23-45(33-43)63-37-47-19-7-11-27-61(47)73-63)71-67(69-57)49-29-31-53-55(35-49)65-51-25-9-10-26-52(51)66(53)56-36-50(30-32-54(56)65)68-70-58(42-17-5-2-6-18-42)40-60(72-68)44-22-14-24-46(34-44)64-38-48-20-8-12-28-62(48)74-64/h1-40,65-66H. The first-order chi connectivity index (χ1) is 36.6. The van der Waals surface area contributed by atoms with E-state index in [1.54, 1.807) is 0 Å². The van der Waals surface area contributed by atoms with Crippen molar-refractivity contribution in [1.29, 1.82) is 0 Å². The zero-order valence-electron chi connectivity index (χ0n) is 39.9. The Bertz CT molecular complexity index is 4000. The van der Waals surface area contributed by atoms with E-state index in [1.165, 1.54) is 33.4 Å². The molecule has 346 valence electrons. The Morgan fingerprint density at radius 3 is 1.05 bits per heavy atom. The van der Waals surface area contributed by atoms with Gasteiger partial charge in [0.2, 0.25) is 0 Å². The molecule has 9 aromatic carbocycles. The lowest BCUT2D eigenvalue weighted by atomic mass is 9.61. The third kappa shape index (κ3) is 7.10. The first-order valence-corrected chi connectivity index (χ1v) is 25.1. The second-order valence-corrected chi connectivity index (χ2v) is 19.3. The molecule has 74 heavy (non-hydrogen) atoms. The van der Waals surface area contributed by atoms with Gasteiger partial charge in [-0.05, 0) is 94.0 Å². The molecule has 4 aromatic heterocycles. The van der Waals surface area contributed by atoms with Gasteiger partial charge in [0.1, 0.15) is 22.7 Å². The van der Waals surface area contributed by atoms with Gasteiger partial charge in [0.25, 0.3) is 0 Å². The van der Waals surface area contributed by atoms with E-state index in [2.05, 4.69) is 194 Å². The summed E-state index contributed by atoms with van der Waals surface area (Å²) in [6.07, 6.45) is 0. The monoisotopic (exact) mass is 946 g/mol. The molecular weight excluding hydrogens is 905 g/mol. The lowest BCUT2D eigenvalue weighted by Gasteiger charge is -2.42. The van der Waals surface area contributed by atoms with Crippen molar-refractivity contribution in [2.45, 2.75) is 11.8 Å². The minimum Gasteiger partial charge on any atom is -0.456 e. The smallest absolute Gasteiger partial charge is 0.160 e. The molecule has 0 amide bonds. The van der Waals surface area contributed by atoms with Crippen LogP contribution in [-0.2, 0) is 0 Å². The highest BCUT2D eigenvalue weighted by molar-refractivity contribution is 5.86. The molecule has 0 saturated carbocycles. The Hall–Kier alpha value is -9.78. The number of nitrogens with zero attached hydrogens (tertiary/aromatic N) is 4. The Balaban J connectivity index is 0.830. The Morgan fingerprint density at radius 1 is 0.243 bits per heavy atom. The molecule has 6 nitrogen and oxygen atoms in total. The molecule has 3 aliphatic rings. The minimum absolute atomic E-state index is 0.0144. The van der Waals surface area contributed by atoms with Crippen molar-refractivity contribution in [3.8, 4) is 90.5 Å². The predicted octanol–water partition coefficient (Wildman–Crippen LogP) is 17.1. The molecule has 3 aliphatic carbocycles. The number of furan rings is 2. The van der Waals surface area contributed by atoms with Crippen molar-refractivity contribution in [2.24, 2.45) is 0 Å². The van der Waals surface area contributed by atoms with Crippen LogP contribution in [0.1, 0.15) is 45.2 Å². The maximum absolute atomic E-state index is 6.31. The van der Waals surface area contributed by atoms with Crippen LogP contribution in [0.25, 0.3) is 112 Å². The van der Waals surface area contributed by atoms with Crippen molar-refractivity contribution >= 4 is 21.9 Å². The van der Waals surface area contributed by atoms with Gasteiger partial charge in [-0.25, -0.2) is 19.9 Å². The van der Waals surface area contributed by atoms with E-state index in [0.717, 1.165) is 101 Å². The van der Waals surface area contributed by atoms with Crippen LogP contribution in [0.4, 0.5) is 0 Å². The molecule has 2 unspecified atom stereocenters. The Labute approximate surface area is 427 Å². The van der Waals surface area contributed by atoms with E-state index >= 15 is 0 Å². The van der Waals surface area contributed by atoms with Crippen LogP contribution >= 0.6 is 0 Å². The summed E-state index contributed by atoms with van der Waals surface area (Å²) in [6, 6.07) is 85.0. The van der Waals surface area contributed by atoms with Crippen LogP contribution in [-0.4, -0.2) is 19.9 Å². The molecular formula is C68H42N4O2. The summed E-state index contributed by atoms with van der Waals surface area (Å²) < 4.78 is 12.6. The first kappa shape index (κ1) is 42.0. The highest BCUT2D eigenvalue weighted by Crippen LogP contribution is 2.57. The van der Waals surface area contributed by atoms with Crippen LogP contribution in [0.3, 0.4) is 0 Å². The third-order valence-corrected chi connectivity index (χ3v) is 14.9. The fraction of sp³-hybridized carbons (Fsp3) is 0.0294. The number of benzene rings is 9. The maximum Gasteiger partial charge on any atom is 0.160 e. The molecule has 4 heterocycles. The molecule has 0 saturated heterocycles. The van der Waals surface area contributed by atoms with Gasteiger partial charge in [0.05, 0.1) is 22.8 Å². The molecule has 0 radical (unpaired) electrons. The number of aromatic nitrogens is 4. The summed E-state index contributed by atoms with van der Waals surface area (Å²) in [6.45, 7) is 0. The van der Waals surface area contributed by atoms with E-state index in [9.17, 15) is 0 Å². The topological polar surface area (TPSA) is 77.8 Å². The lowest BCUT2D eigenvalue weighted by molar-refractivity contribution is 0.631. The molecule has 0 fully saturated rings. The van der Waals surface area contributed by atoms with E-state index in [0.29, 0.717) is 11.6 Å². The molecule has 0 N–H and O–H groups in total. The molecule has 13 aromatic rings. The van der Waals surface area contributed by atoms with Gasteiger partial charge in [-0.3, -0.25) is 0 Å². The lowest BCUT2D eigenvalue weighted by Crippen LogP contribution is -2.27. The van der Waals surface area contributed by atoms with Crippen LogP contribution in [0.2, 0.25) is 0 Å². The fourth-order valence-corrected chi connectivity index (χ4v) is 11.4. The van der Waals surface area contributed by atoms with Crippen molar-refractivity contribution in [1.82, 2.24) is 19.9 Å². The van der Waals surface area contributed by atoms with Gasteiger partial charge in [0, 0.05) is 67.1 Å². The SMILES string of the molecule is c1ccc(-c2cc(-c3cccc(-c4cc5ccccc5o4)c3)nc(-c3ccc4c(c3)C3c5ccccc5C4c4cc(-c5nc(-c6ccccc6)cc(-c6cccc(-c7cc8ccccc8o7)c6)n5)ccc43)n2)cc1. The number of hydrogen-bond acceptors (Lipinski definition) is 6. The number of hydrogen-bond donors (Lipinski definition) is 0. The van der Waals surface area contributed by atoms with E-state index in [-0.39, 0.29) is 11.8 Å². The van der Waals surface area contributed by atoms with Crippen LogP contribution in [0, 0.1) is 0 Å². The van der Waals surface area contributed by atoms with Crippen molar-refractivity contribution in [3.63, 3.8) is 0 Å². The van der Waals surface area contributed by atoms with E-state index in [4.69, 9.17) is 28.8 Å². The molecule has 0 spiro atoms. The summed E-state index contributed by atoms with van der Waals surface area (Å²) >= 11 is 0. The summed E-state index contributed by atoms with van der Waals surface area (Å²) in [5, 5.41) is 2.15. The van der Waals surface area contributed by atoms with Gasteiger partial charge >= 0.3 is 0 Å². The zero-order valence-corrected chi connectivity index (χ0v) is 39.9. The summed E-state index contributed by atoms with van der Waals surface area (Å²) in [5.74, 6) is 3.03. The van der Waals surface area contributed by atoms with Gasteiger partial charge < -0.3 is 8.83 Å². The predicted molar refractivity (Wildman–Crippen MR) is 295 cm³/mol. The first-order valence-electron chi connectivity index (χ1n) is 25.1. The average Bonchev–Trinajstić information content (AvgIpc) is 4.13. The van der Waals surface area contributed by atoms with Crippen LogP contribution < -0.4 is 0 Å². The normalized spacial score (nSPS) is 14.2. The highest BCUT2D eigenvalue weighted by Gasteiger charge is 2.41. The van der Waals surface area contributed by atoms with E-state index in [1.807, 2.05) is 48.5 Å². The molecule has 2 bridgehead atoms. The Kier molecular flexibility index (Phi) is 9.60. The van der Waals surface area contributed by atoms with Gasteiger partial charge in [-0.15, -0.1) is 0 Å². The quantitative estimate of drug-likeness (QED) is 0.151. The Morgan fingerprint density at radius 2 is 0.608 bits per heavy atom. The van der Waals surface area contributed by atoms with Gasteiger partial charge in [-0.1, -0.05) is 182 Å². The average molecular weight is 947 g/mol. The van der Waals surface area contributed by atoms with E-state index < -0.39 is 0 Å². The van der Waals surface area contributed by atoms with Crippen LogP contribution in [0.5, 0.6) is 0 Å². The molecule has 6 heteroatoms. The van der Waals surface area contributed by atoms with Crippen molar-refractivity contribution in [2.75, 3.05) is 0 Å². The number of para-hydroxylation sites is 2. The maximum atomic E-state index is 6.31. The summed E-state index contributed by atoms with van der Waals surface area (Å²) in [4.78, 5) is 21.3. The number of fused-ring (bicyclic) bond motifs is 2. The fourth-order valence-electron chi connectivity index (χ4n) is 11.4. The second kappa shape index (κ2) is 16.9. The summed E-state index contributed by atoms with van der Waals surface area (Å²) in [7, 11) is 0. The molecule has 16 rings (SSSR count). The second-order valence-electron chi connectivity index (χ2n) is 19.3. The summed E-state index contributed by atoms with van der Waals surface area (Å²) in [5.41, 5.74) is 20.9. The molecule has 2 atom stereocenters. The minimum atomic E-state index is 0.0144. The van der Waals surface area contributed by atoms with Crippen LogP contribution in [0.15, 0.2) is 251 Å². The third-order valence-electron chi connectivity index (χ3n) is 14.9. The van der Waals surface area contributed by atoms with Gasteiger partial charge in [-0.2, -0.15) is 0 Å². The zero-order chi connectivity index (χ0) is 48.7. The van der Waals surface area contributed by atoms with Gasteiger partial charge in [0.15, 0.2) is 11.6 Å². The molecule has 0 aliphatic heterocycles. The van der Waals surface area contributed by atoms with Crippen molar-refractivity contribution < 1.29 is 8.83 Å². The largest absolute Gasteiger partial charge is 0.456 e.